The fourth-order valence-corrected chi connectivity index (χ4v) is 2.83. The predicted octanol–water partition coefficient (Wildman–Crippen LogP) is 3.17. The molecule has 0 unspecified atom stereocenters. The fraction of sp³-hybridized carbons (Fsp3) is 0.263. The number of benzene rings is 2. The summed E-state index contributed by atoms with van der Waals surface area (Å²) >= 11 is 0. The Labute approximate surface area is 145 Å². The summed E-state index contributed by atoms with van der Waals surface area (Å²) < 4.78 is 12.9. The van der Waals surface area contributed by atoms with Crippen LogP contribution in [-0.4, -0.2) is 36.0 Å². The molecule has 1 saturated heterocycles. The second-order valence-electron chi connectivity index (χ2n) is 6.21. The van der Waals surface area contributed by atoms with Crippen LogP contribution in [0, 0.1) is 12.7 Å². The summed E-state index contributed by atoms with van der Waals surface area (Å²) in [5.41, 5.74) is 2.28. The number of hydrogen-bond acceptors (Lipinski definition) is 2. The molecule has 3 rings (SSSR count). The molecule has 1 fully saturated rings. The van der Waals surface area contributed by atoms with Crippen molar-refractivity contribution in [3.63, 3.8) is 0 Å². The number of nitrogens with one attached hydrogen (secondary N) is 2. The number of carbonyl (C=O) groups is 2. The zero-order valence-electron chi connectivity index (χ0n) is 14.0. The summed E-state index contributed by atoms with van der Waals surface area (Å²) in [6.45, 7) is 3.06. The van der Waals surface area contributed by atoms with Gasteiger partial charge >= 0.3 is 6.03 Å². The van der Waals surface area contributed by atoms with Gasteiger partial charge in [-0.1, -0.05) is 17.7 Å². The van der Waals surface area contributed by atoms with Crippen LogP contribution in [0.5, 0.6) is 0 Å². The zero-order chi connectivity index (χ0) is 17.8. The van der Waals surface area contributed by atoms with E-state index in [2.05, 4.69) is 10.6 Å². The Morgan fingerprint density at radius 2 is 1.76 bits per heavy atom. The number of anilines is 1. The minimum atomic E-state index is -0.360. The molecular formula is C19H20FN3O2. The molecule has 1 aliphatic rings. The Bertz CT molecular complexity index is 759. The first kappa shape index (κ1) is 17.0. The van der Waals surface area contributed by atoms with E-state index in [1.54, 1.807) is 4.90 Å². The maximum absolute atomic E-state index is 12.9. The molecule has 2 aromatic carbocycles. The predicted molar refractivity (Wildman–Crippen MR) is 94.0 cm³/mol. The van der Waals surface area contributed by atoms with Gasteiger partial charge in [0, 0.05) is 30.4 Å². The van der Waals surface area contributed by atoms with Crippen LogP contribution in [0.4, 0.5) is 14.9 Å². The van der Waals surface area contributed by atoms with Crippen molar-refractivity contribution in [2.45, 2.75) is 19.4 Å². The van der Waals surface area contributed by atoms with E-state index in [4.69, 9.17) is 0 Å². The lowest BCUT2D eigenvalue weighted by Gasteiger charge is -2.17. The second-order valence-corrected chi connectivity index (χ2v) is 6.21. The van der Waals surface area contributed by atoms with Gasteiger partial charge in [0.15, 0.2) is 0 Å². The van der Waals surface area contributed by atoms with Crippen molar-refractivity contribution < 1.29 is 14.0 Å². The number of amides is 3. The molecule has 130 valence electrons. The highest BCUT2D eigenvalue weighted by molar-refractivity contribution is 5.94. The van der Waals surface area contributed by atoms with Gasteiger partial charge in [0.1, 0.15) is 5.82 Å². The van der Waals surface area contributed by atoms with Gasteiger partial charge in [0.05, 0.1) is 0 Å². The lowest BCUT2D eigenvalue weighted by atomic mass is 10.1. The van der Waals surface area contributed by atoms with Crippen molar-refractivity contribution >= 4 is 17.6 Å². The second kappa shape index (κ2) is 7.34. The van der Waals surface area contributed by atoms with Crippen molar-refractivity contribution in [3.8, 4) is 0 Å². The summed E-state index contributed by atoms with van der Waals surface area (Å²) in [6, 6.07) is 12.6. The zero-order valence-corrected chi connectivity index (χ0v) is 14.0. The molecule has 1 aliphatic heterocycles. The molecule has 3 amide bonds. The van der Waals surface area contributed by atoms with Crippen LogP contribution in [0.15, 0.2) is 48.5 Å². The molecule has 25 heavy (non-hydrogen) atoms. The summed E-state index contributed by atoms with van der Waals surface area (Å²) in [5, 5.41) is 5.51. The van der Waals surface area contributed by atoms with E-state index < -0.39 is 0 Å². The average molecular weight is 341 g/mol. The van der Waals surface area contributed by atoms with Crippen molar-refractivity contribution in [3.05, 3.63) is 65.5 Å². The minimum Gasteiger partial charge on any atom is -0.337 e. The number of urea groups is 1. The van der Waals surface area contributed by atoms with Gasteiger partial charge in [0.25, 0.3) is 5.91 Å². The highest BCUT2D eigenvalue weighted by Gasteiger charge is 2.27. The molecule has 0 radical (unpaired) electrons. The fourth-order valence-electron chi connectivity index (χ4n) is 2.83. The molecule has 6 heteroatoms. The topological polar surface area (TPSA) is 61.4 Å². The largest absolute Gasteiger partial charge is 0.337 e. The summed E-state index contributed by atoms with van der Waals surface area (Å²) in [5.74, 6) is -0.379. The molecule has 0 saturated carbocycles. The molecule has 5 nitrogen and oxygen atoms in total. The average Bonchev–Trinajstić information content (AvgIpc) is 3.05. The summed E-state index contributed by atoms with van der Waals surface area (Å²) in [4.78, 5) is 26.2. The van der Waals surface area contributed by atoms with E-state index >= 15 is 0 Å². The van der Waals surface area contributed by atoms with Crippen molar-refractivity contribution in [2.75, 3.05) is 18.4 Å². The number of hydrogen-bond donors (Lipinski definition) is 2. The number of halogens is 1. The highest BCUT2D eigenvalue weighted by atomic mass is 19.1. The molecule has 1 heterocycles. The van der Waals surface area contributed by atoms with Crippen LogP contribution >= 0.6 is 0 Å². The lowest BCUT2D eigenvalue weighted by molar-refractivity contribution is 0.0789. The molecule has 2 aromatic rings. The summed E-state index contributed by atoms with van der Waals surface area (Å²) in [7, 11) is 0. The molecule has 2 N–H and O–H groups in total. The first-order chi connectivity index (χ1) is 12.0. The highest BCUT2D eigenvalue weighted by Crippen LogP contribution is 2.15. The molecule has 0 aliphatic carbocycles. The van der Waals surface area contributed by atoms with Gasteiger partial charge in [-0.2, -0.15) is 0 Å². The number of aryl methyl sites for hydroxylation is 1. The SMILES string of the molecule is Cc1ccc(C(=O)N2CC[C@@H](NC(=O)Nc3ccc(F)cc3)C2)cc1. The van der Waals surface area contributed by atoms with Crippen molar-refractivity contribution in [2.24, 2.45) is 0 Å². The first-order valence-electron chi connectivity index (χ1n) is 8.20. The van der Waals surface area contributed by atoms with Crippen LogP contribution < -0.4 is 10.6 Å². The Morgan fingerprint density at radius 3 is 2.44 bits per heavy atom. The number of likely N-dealkylation sites (tertiary alicyclic amines) is 1. The lowest BCUT2D eigenvalue weighted by Crippen LogP contribution is -2.40. The van der Waals surface area contributed by atoms with Crippen LogP contribution in [0.1, 0.15) is 22.3 Å². The molecule has 0 aromatic heterocycles. The van der Waals surface area contributed by atoms with E-state index in [1.807, 2.05) is 31.2 Å². The Morgan fingerprint density at radius 1 is 1.08 bits per heavy atom. The Balaban J connectivity index is 1.52. The summed E-state index contributed by atoms with van der Waals surface area (Å²) in [6.07, 6.45) is 0.703. The van der Waals surface area contributed by atoms with E-state index in [0.717, 1.165) is 5.56 Å². The Hall–Kier alpha value is -2.89. The third-order valence-corrected chi connectivity index (χ3v) is 4.21. The first-order valence-corrected chi connectivity index (χ1v) is 8.20. The van der Waals surface area contributed by atoms with E-state index in [9.17, 15) is 14.0 Å². The van der Waals surface area contributed by atoms with Gasteiger partial charge in [-0.25, -0.2) is 9.18 Å². The van der Waals surface area contributed by atoms with E-state index in [-0.39, 0.29) is 23.8 Å². The van der Waals surface area contributed by atoms with Crippen LogP contribution in [0.25, 0.3) is 0 Å². The van der Waals surface area contributed by atoms with Gasteiger partial charge in [-0.15, -0.1) is 0 Å². The maximum atomic E-state index is 12.9. The van der Waals surface area contributed by atoms with Gasteiger partial charge in [-0.3, -0.25) is 4.79 Å². The molecule has 0 spiro atoms. The maximum Gasteiger partial charge on any atom is 0.319 e. The van der Waals surface area contributed by atoms with Gasteiger partial charge < -0.3 is 15.5 Å². The third kappa shape index (κ3) is 4.35. The standard InChI is InChI=1S/C19H20FN3O2/c1-13-2-4-14(5-3-13)18(24)23-11-10-17(12-23)22-19(25)21-16-8-6-15(20)7-9-16/h2-9,17H,10-12H2,1H3,(H2,21,22,25)/t17-/m1/s1. The normalized spacial score (nSPS) is 16.6. The van der Waals surface area contributed by atoms with Gasteiger partial charge in [0.2, 0.25) is 0 Å². The van der Waals surface area contributed by atoms with Gasteiger partial charge in [-0.05, 0) is 49.7 Å². The van der Waals surface area contributed by atoms with Crippen molar-refractivity contribution in [1.82, 2.24) is 10.2 Å². The smallest absolute Gasteiger partial charge is 0.319 e. The Kier molecular flexibility index (Phi) is 4.97. The van der Waals surface area contributed by atoms with Crippen molar-refractivity contribution in [1.29, 1.82) is 0 Å². The van der Waals surface area contributed by atoms with E-state index in [0.29, 0.717) is 30.8 Å². The molecule has 1 atom stereocenters. The number of rotatable bonds is 3. The van der Waals surface area contributed by atoms with Crippen LogP contribution in [0.2, 0.25) is 0 Å². The molecular weight excluding hydrogens is 321 g/mol. The minimum absolute atomic E-state index is 0.0248. The monoisotopic (exact) mass is 341 g/mol. The molecule has 0 bridgehead atoms. The van der Waals surface area contributed by atoms with Crippen LogP contribution in [0.3, 0.4) is 0 Å². The van der Waals surface area contributed by atoms with Crippen LogP contribution in [-0.2, 0) is 0 Å². The number of nitrogens with zero attached hydrogens (tertiary/aromatic N) is 1. The van der Waals surface area contributed by atoms with E-state index in [1.165, 1.54) is 24.3 Å². The number of carbonyl (C=O) groups excluding carboxylic acids is 2. The third-order valence-electron chi connectivity index (χ3n) is 4.21. The quantitative estimate of drug-likeness (QED) is 0.901.